The largest absolute Gasteiger partial charge is 0.461 e. The highest BCUT2D eigenvalue weighted by Crippen LogP contribution is 2.33. The Morgan fingerprint density at radius 3 is 3.07 bits per heavy atom. The molecule has 1 aromatic carbocycles. The average Bonchev–Trinajstić information content (AvgIpc) is 2.26. The highest BCUT2D eigenvalue weighted by atomic mass is 16.5. The maximum atomic E-state index is 5.86. The van der Waals surface area contributed by atoms with Crippen LogP contribution in [0.2, 0.25) is 0 Å². The van der Waals surface area contributed by atoms with Crippen LogP contribution in [0.25, 0.3) is 0 Å². The Morgan fingerprint density at radius 1 is 1.14 bits per heavy atom. The van der Waals surface area contributed by atoms with E-state index in [-0.39, 0.29) is 0 Å². The summed E-state index contributed by atoms with van der Waals surface area (Å²) in [7, 11) is 0. The zero-order valence-electron chi connectivity index (χ0n) is 7.99. The lowest BCUT2D eigenvalue weighted by Gasteiger charge is -2.23. The van der Waals surface area contributed by atoms with Gasteiger partial charge in [0.1, 0.15) is 11.5 Å². The Kier molecular flexibility index (Phi) is 1.69. The number of hydrogen-bond donors (Lipinski definition) is 0. The van der Waals surface area contributed by atoms with Gasteiger partial charge in [0.15, 0.2) is 0 Å². The smallest absolute Gasteiger partial charge is 0.130 e. The molecule has 1 nitrogen and oxygen atoms in total. The second-order valence-electron chi connectivity index (χ2n) is 3.78. The number of hydrogen-bond acceptors (Lipinski definition) is 1. The van der Waals surface area contributed by atoms with Gasteiger partial charge in [-0.15, -0.1) is 0 Å². The van der Waals surface area contributed by atoms with Crippen molar-refractivity contribution in [2.45, 2.75) is 19.3 Å². The van der Waals surface area contributed by atoms with Crippen LogP contribution < -0.4 is 4.74 Å². The van der Waals surface area contributed by atoms with E-state index in [9.17, 15) is 0 Å². The molecular weight excluding hydrogens is 172 g/mol. The number of fused-ring (bicyclic) bond motifs is 1. The Balaban J connectivity index is 2.03. The Labute approximate surface area is 83.7 Å². The average molecular weight is 184 g/mol. The molecular formula is C13H12O. The minimum absolute atomic E-state index is 1.03. The van der Waals surface area contributed by atoms with E-state index in [1.807, 2.05) is 6.07 Å². The van der Waals surface area contributed by atoms with Crippen LogP contribution in [-0.2, 0) is 6.42 Å². The van der Waals surface area contributed by atoms with Gasteiger partial charge in [-0.3, -0.25) is 0 Å². The lowest BCUT2D eigenvalue weighted by atomic mass is 9.95. The fourth-order valence-corrected chi connectivity index (χ4v) is 2.05. The van der Waals surface area contributed by atoms with Gasteiger partial charge in [0.2, 0.25) is 0 Å². The summed E-state index contributed by atoms with van der Waals surface area (Å²) in [6.45, 7) is 0. The minimum Gasteiger partial charge on any atom is -0.461 e. The molecule has 0 saturated heterocycles. The summed E-state index contributed by atoms with van der Waals surface area (Å²) in [5.41, 5.74) is 2.66. The van der Waals surface area contributed by atoms with E-state index in [1.165, 1.54) is 16.9 Å². The highest BCUT2D eigenvalue weighted by molar-refractivity contribution is 5.45. The van der Waals surface area contributed by atoms with Gasteiger partial charge in [0.05, 0.1) is 0 Å². The first-order valence-electron chi connectivity index (χ1n) is 5.08. The molecule has 70 valence electrons. The Bertz CT molecular complexity index is 427. The fourth-order valence-electron chi connectivity index (χ4n) is 2.05. The van der Waals surface area contributed by atoms with Crippen LogP contribution in [0.1, 0.15) is 18.4 Å². The van der Waals surface area contributed by atoms with Crippen molar-refractivity contribution in [3.8, 4) is 5.75 Å². The van der Waals surface area contributed by atoms with Gasteiger partial charge in [-0.2, -0.15) is 0 Å². The fraction of sp³-hybridized carbons (Fsp3) is 0.231. The van der Waals surface area contributed by atoms with Gasteiger partial charge >= 0.3 is 0 Å². The first-order valence-corrected chi connectivity index (χ1v) is 5.08. The van der Waals surface area contributed by atoms with Crippen LogP contribution in [0.15, 0.2) is 47.7 Å². The number of rotatable bonds is 0. The third-order valence-electron chi connectivity index (χ3n) is 2.80. The molecule has 0 atom stereocenters. The van der Waals surface area contributed by atoms with Gasteiger partial charge in [0, 0.05) is 12.8 Å². The van der Waals surface area contributed by atoms with E-state index in [1.54, 1.807) is 0 Å². The van der Waals surface area contributed by atoms with E-state index in [2.05, 4.69) is 30.4 Å². The Hall–Kier alpha value is -1.50. The molecule has 0 saturated carbocycles. The van der Waals surface area contributed by atoms with Crippen molar-refractivity contribution in [2.24, 2.45) is 0 Å². The highest BCUT2D eigenvalue weighted by Gasteiger charge is 2.18. The van der Waals surface area contributed by atoms with Crippen molar-refractivity contribution in [1.82, 2.24) is 0 Å². The summed E-state index contributed by atoms with van der Waals surface area (Å²) in [6, 6.07) is 8.29. The first kappa shape index (κ1) is 7.86. The predicted molar refractivity (Wildman–Crippen MR) is 56.2 cm³/mol. The standard InChI is InChI=1S/C13H12O/c1-3-7-12-10(5-1)9-11-6-2-4-8-13(11)14-12/h1-3,5-7H,4,8-9H2. The molecule has 0 radical (unpaired) electrons. The van der Waals surface area contributed by atoms with Crippen molar-refractivity contribution in [3.63, 3.8) is 0 Å². The van der Waals surface area contributed by atoms with Gasteiger partial charge in [-0.1, -0.05) is 30.4 Å². The topological polar surface area (TPSA) is 9.23 Å². The molecule has 0 fully saturated rings. The maximum absolute atomic E-state index is 5.86. The van der Waals surface area contributed by atoms with Crippen molar-refractivity contribution in [3.05, 3.63) is 53.3 Å². The second kappa shape index (κ2) is 3.02. The molecule has 1 aliphatic heterocycles. The summed E-state index contributed by atoms with van der Waals surface area (Å²) in [5, 5.41) is 0. The van der Waals surface area contributed by atoms with Crippen LogP contribution in [0.4, 0.5) is 0 Å². The van der Waals surface area contributed by atoms with E-state index in [0.29, 0.717) is 0 Å². The van der Waals surface area contributed by atoms with E-state index in [0.717, 1.165) is 25.0 Å². The lowest BCUT2D eigenvalue weighted by Crippen LogP contribution is -2.11. The normalized spacial score (nSPS) is 18.6. The van der Waals surface area contributed by atoms with Crippen LogP contribution >= 0.6 is 0 Å². The summed E-state index contributed by atoms with van der Waals surface area (Å²) in [6.07, 6.45) is 7.63. The zero-order valence-corrected chi connectivity index (χ0v) is 7.99. The quantitative estimate of drug-likeness (QED) is 0.601. The third-order valence-corrected chi connectivity index (χ3v) is 2.80. The summed E-state index contributed by atoms with van der Waals surface area (Å²) < 4.78 is 5.86. The monoisotopic (exact) mass is 184 g/mol. The van der Waals surface area contributed by atoms with Crippen LogP contribution in [-0.4, -0.2) is 0 Å². The van der Waals surface area contributed by atoms with Crippen molar-refractivity contribution in [2.75, 3.05) is 0 Å². The molecule has 0 aromatic heterocycles. The number of para-hydroxylation sites is 1. The summed E-state index contributed by atoms with van der Waals surface area (Å²) >= 11 is 0. The molecule has 0 spiro atoms. The molecule has 1 heterocycles. The van der Waals surface area contributed by atoms with Crippen molar-refractivity contribution >= 4 is 0 Å². The number of allylic oxidation sites excluding steroid dienone is 4. The molecule has 1 aromatic rings. The zero-order chi connectivity index (χ0) is 9.38. The summed E-state index contributed by atoms with van der Waals surface area (Å²) in [5.74, 6) is 2.22. The van der Waals surface area contributed by atoms with Gasteiger partial charge < -0.3 is 4.74 Å². The molecule has 2 aliphatic rings. The van der Waals surface area contributed by atoms with E-state index >= 15 is 0 Å². The molecule has 1 heteroatoms. The SMILES string of the molecule is C1=CC2=C(CC1)Oc1ccccc1C2. The number of benzene rings is 1. The molecule has 0 bridgehead atoms. The van der Waals surface area contributed by atoms with Gasteiger partial charge in [0.25, 0.3) is 0 Å². The maximum Gasteiger partial charge on any atom is 0.130 e. The number of ether oxygens (including phenoxy) is 1. The van der Waals surface area contributed by atoms with E-state index < -0.39 is 0 Å². The van der Waals surface area contributed by atoms with Crippen molar-refractivity contribution < 1.29 is 4.74 Å². The molecule has 0 N–H and O–H groups in total. The van der Waals surface area contributed by atoms with Crippen LogP contribution in [0, 0.1) is 0 Å². The predicted octanol–water partition coefficient (Wildman–Crippen LogP) is 3.23. The lowest BCUT2D eigenvalue weighted by molar-refractivity contribution is 0.381. The molecule has 0 amide bonds. The second-order valence-corrected chi connectivity index (χ2v) is 3.78. The van der Waals surface area contributed by atoms with Gasteiger partial charge in [-0.25, -0.2) is 0 Å². The molecule has 3 rings (SSSR count). The first-order chi connectivity index (χ1) is 6.93. The van der Waals surface area contributed by atoms with Crippen molar-refractivity contribution in [1.29, 1.82) is 0 Å². The van der Waals surface area contributed by atoms with Crippen LogP contribution in [0.5, 0.6) is 5.75 Å². The third kappa shape index (κ3) is 1.17. The minimum atomic E-state index is 1.03. The Morgan fingerprint density at radius 2 is 2.07 bits per heavy atom. The van der Waals surface area contributed by atoms with Crippen LogP contribution in [0.3, 0.4) is 0 Å². The molecule has 1 aliphatic carbocycles. The van der Waals surface area contributed by atoms with E-state index in [4.69, 9.17) is 4.74 Å². The summed E-state index contributed by atoms with van der Waals surface area (Å²) in [4.78, 5) is 0. The van der Waals surface area contributed by atoms with Gasteiger partial charge in [-0.05, 0) is 23.6 Å². The molecule has 14 heavy (non-hydrogen) atoms. The molecule has 0 unspecified atom stereocenters.